The summed E-state index contributed by atoms with van der Waals surface area (Å²) in [5, 5.41) is 37.1. The second-order valence-electron chi connectivity index (χ2n) is 3.76. The largest absolute Gasteiger partial charge is 0.508 e. The van der Waals surface area contributed by atoms with E-state index < -0.39 is 4.92 Å². The van der Waals surface area contributed by atoms with Gasteiger partial charge in [0.05, 0.1) is 4.92 Å². The van der Waals surface area contributed by atoms with Gasteiger partial charge in [-0.2, -0.15) is 0 Å². The fourth-order valence-corrected chi connectivity index (χ4v) is 1.60. The zero-order chi connectivity index (χ0) is 14.7. The van der Waals surface area contributed by atoms with Crippen molar-refractivity contribution in [2.45, 2.75) is 0 Å². The summed E-state index contributed by atoms with van der Waals surface area (Å²) in [6.07, 6.45) is 0. The van der Waals surface area contributed by atoms with E-state index in [0.29, 0.717) is 0 Å². The zero-order valence-corrected chi connectivity index (χ0v) is 10.7. The number of nitrogens with zero attached hydrogens (tertiary/aromatic N) is 3. The number of phenolic OH excluding ortho intramolecular Hbond substituents is 2. The maximum Gasteiger partial charge on any atom is 0.298 e. The van der Waals surface area contributed by atoms with Crippen molar-refractivity contribution in [3.05, 3.63) is 51.5 Å². The van der Waals surface area contributed by atoms with Gasteiger partial charge in [0.1, 0.15) is 17.2 Å². The molecule has 2 rings (SSSR count). The van der Waals surface area contributed by atoms with Crippen LogP contribution in [0.4, 0.5) is 17.1 Å². The number of rotatable bonds is 3. The Morgan fingerprint density at radius 2 is 1.70 bits per heavy atom. The number of halogens is 1. The summed E-state index contributed by atoms with van der Waals surface area (Å²) in [4.78, 5) is 10.2. The number of nitro benzene ring substituents is 1. The van der Waals surface area contributed by atoms with Crippen LogP contribution in [0.3, 0.4) is 0 Å². The van der Waals surface area contributed by atoms with E-state index in [9.17, 15) is 15.2 Å². The van der Waals surface area contributed by atoms with Gasteiger partial charge in [-0.15, -0.1) is 10.2 Å². The highest BCUT2D eigenvalue weighted by Crippen LogP contribution is 2.34. The standard InChI is InChI=1S/C12H8ClN3O4/c13-7-1-3-9(11(5-7)16(19)20)14-15-10-4-2-8(17)6-12(10)18/h1-6,17-18H/b15-14+. The number of nitro groups is 1. The Morgan fingerprint density at radius 1 is 1.05 bits per heavy atom. The molecule has 0 radical (unpaired) electrons. The van der Waals surface area contributed by atoms with Crippen molar-refractivity contribution in [2.24, 2.45) is 10.2 Å². The van der Waals surface area contributed by atoms with Crippen LogP contribution in [0.15, 0.2) is 46.6 Å². The first-order valence-electron chi connectivity index (χ1n) is 5.35. The average molecular weight is 294 g/mol. The number of hydrogen-bond acceptors (Lipinski definition) is 6. The molecule has 0 saturated heterocycles. The van der Waals surface area contributed by atoms with Crippen molar-refractivity contribution in [2.75, 3.05) is 0 Å². The highest BCUT2D eigenvalue weighted by Gasteiger charge is 2.14. The molecule has 0 aliphatic carbocycles. The zero-order valence-electron chi connectivity index (χ0n) is 9.89. The first kappa shape index (κ1) is 13.8. The molecule has 0 aromatic heterocycles. The second-order valence-corrected chi connectivity index (χ2v) is 4.20. The Bertz CT molecular complexity index is 703. The molecule has 2 aromatic rings. The number of azo groups is 1. The summed E-state index contributed by atoms with van der Waals surface area (Å²) in [7, 11) is 0. The lowest BCUT2D eigenvalue weighted by Gasteiger charge is -1.99. The Morgan fingerprint density at radius 3 is 2.35 bits per heavy atom. The molecule has 7 nitrogen and oxygen atoms in total. The fourth-order valence-electron chi connectivity index (χ4n) is 1.43. The summed E-state index contributed by atoms with van der Waals surface area (Å²) < 4.78 is 0. The average Bonchev–Trinajstić information content (AvgIpc) is 2.38. The van der Waals surface area contributed by atoms with Gasteiger partial charge in [-0.05, 0) is 24.3 Å². The van der Waals surface area contributed by atoms with Crippen LogP contribution in [-0.2, 0) is 0 Å². The van der Waals surface area contributed by atoms with Gasteiger partial charge >= 0.3 is 0 Å². The maximum atomic E-state index is 10.9. The topological polar surface area (TPSA) is 108 Å². The van der Waals surface area contributed by atoms with Crippen molar-refractivity contribution in [1.29, 1.82) is 0 Å². The van der Waals surface area contributed by atoms with Gasteiger partial charge in [-0.25, -0.2) is 0 Å². The SMILES string of the molecule is O=[N+]([O-])c1cc(Cl)ccc1/N=N/c1ccc(O)cc1O. The molecule has 102 valence electrons. The minimum Gasteiger partial charge on any atom is -0.508 e. The minimum absolute atomic E-state index is 0.00637. The van der Waals surface area contributed by atoms with Crippen LogP contribution in [0.25, 0.3) is 0 Å². The molecule has 0 unspecified atom stereocenters. The molecule has 20 heavy (non-hydrogen) atoms. The molecular weight excluding hydrogens is 286 g/mol. The van der Waals surface area contributed by atoms with Gasteiger partial charge in [-0.1, -0.05) is 11.6 Å². The van der Waals surface area contributed by atoms with E-state index in [2.05, 4.69) is 10.2 Å². The molecule has 0 atom stereocenters. The van der Waals surface area contributed by atoms with Crippen LogP contribution in [0.1, 0.15) is 0 Å². The summed E-state index contributed by atoms with van der Waals surface area (Å²) in [5.74, 6) is -0.413. The lowest BCUT2D eigenvalue weighted by Crippen LogP contribution is -1.87. The van der Waals surface area contributed by atoms with E-state index >= 15 is 0 Å². The molecular formula is C12H8ClN3O4. The van der Waals surface area contributed by atoms with Gasteiger partial charge < -0.3 is 10.2 Å². The predicted octanol–water partition coefficient (Wildman–Crippen LogP) is 4.07. The van der Waals surface area contributed by atoms with E-state index in [4.69, 9.17) is 16.7 Å². The van der Waals surface area contributed by atoms with E-state index in [1.807, 2.05) is 0 Å². The van der Waals surface area contributed by atoms with Gasteiger partial charge in [0.15, 0.2) is 5.69 Å². The van der Waals surface area contributed by atoms with E-state index in [1.54, 1.807) is 0 Å². The lowest BCUT2D eigenvalue weighted by atomic mass is 10.3. The molecule has 0 fully saturated rings. The smallest absolute Gasteiger partial charge is 0.298 e. The van der Waals surface area contributed by atoms with Crippen LogP contribution in [-0.4, -0.2) is 15.1 Å². The van der Waals surface area contributed by atoms with Crippen molar-refractivity contribution in [3.63, 3.8) is 0 Å². The van der Waals surface area contributed by atoms with Gasteiger partial charge in [0.25, 0.3) is 5.69 Å². The van der Waals surface area contributed by atoms with Crippen LogP contribution in [0.5, 0.6) is 11.5 Å². The summed E-state index contributed by atoms with van der Waals surface area (Å²) in [5.41, 5.74) is -0.210. The molecule has 0 spiro atoms. The van der Waals surface area contributed by atoms with Crippen LogP contribution in [0.2, 0.25) is 5.02 Å². The van der Waals surface area contributed by atoms with Crippen molar-refractivity contribution in [1.82, 2.24) is 0 Å². The van der Waals surface area contributed by atoms with Gasteiger partial charge in [0, 0.05) is 17.2 Å². The molecule has 0 bridgehead atoms. The van der Waals surface area contributed by atoms with Gasteiger partial charge in [-0.3, -0.25) is 10.1 Å². The third-order valence-electron chi connectivity index (χ3n) is 2.36. The number of benzene rings is 2. The van der Waals surface area contributed by atoms with Gasteiger partial charge in [0.2, 0.25) is 0 Å². The minimum atomic E-state index is -0.628. The lowest BCUT2D eigenvalue weighted by molar-refractivity contribution is -0.384. The quantitative estimate of drug-likeness (QED) is 0.505. The van der Waals surface area contributed by atoms with E-state index in [1.165, 1.54) is 24.3 Å². The third kappa shape index (κ3) is 3.01. The Labute approximate surface area is 117 Å². The molecule has 0 aliphatic heterocycles. The monoisotopic (exact) mass is 293 g/mol. The van der Waals surface area contributed by atoms with E-state index in [-0.39, 0.29) is 33.6 Å². The second kappa shape index (κ2) is 5.54. The molecule has 8 heteroatoms. The van der Waals surface area contributed by atoms with Crippen LogP contribution in [0, 0.1) is 10.1 Å². The first-order valence-corrected chi connectivity index (χ1v) is 5.73. The Hall–Kier alpha value is -2.67. The Kier molecular flexibility index (Phi) is 3.81. The van der Waals surface area contributed by atoms with Crippen molar-refractivity contribution in [3.8, 4) is 11.5 Å². The fraction of sp³-hybridized carbons (Fsp3) is 0. The summed E-state index contributed by atoms with van der Waals surface area (Å²) >= 11 is 5.68. The van der Waals surface area contributed by atoms with Crippen LogP contribution < -0.4 is 0 Å². The molecule has 0 amide bonds. The van der Waals surface area contributed by atoms with Crippen molar-refractivity contribution >= 4 is 28.7 Å². The maximum absolute atomic E-state index is 10.9. The van der Waals surface area contributed by atoms with Crippen molar-refractivity contribution < 1.29 is 15.1 Å². The summed E-state index contributed by atoms with van der Waals surface area (Å²) in [6.45, 7) is 0. The number of aromatic hydroxyl groups is 2. The highest BCUT2D eigenvalue weighted by molar-refractivity contribution is 6.30. The van der Waals surface area contributed by atoms with E-state index in [0.717, 1.165) is 12.1 Å². The highest BCUT2D eigenvalue weighted by atomic mass is 35.5. The van der Waals surface area contributed by atoms with Crippen LogP contribution >= 0.6 is 11.6 Å². The number of hydrogen-bond donors (Lipinski definition) is 2. The molecule has 2 N–H and O–H groups in total. The normalized spacial score (nSPS) is 10.8. The predicted molar refractivity (Wildman–Crippen MR) is 72.1 cm³/mol. The molecule has 0 saturated carbocycles. The molecule has 0 heterocycles. The third-order valence-corrected chi connectivity index (χ3v) is 2.59. The molecule has 2 aromatic carbocycles. The molecule has 0 aliphatic rings. The Balaban J connectivity index is 2.38. The summed E-state index contributed by atoms with van der Waals surface area (Å²) in [6, 6.07) is 7.68. The number of phenols is 2. The first-order chi connectivity index (χ1) is 9.47.